The van der Waals surface area contributed by atoms with Crippen LogP contribution in [0.25, 0.3) is 0 Å². The van der Waals surface area contributed by atoms with Gasteiger partial charge in [0.2, 0.25) is 0 Å². The van der Waals surface area contributed by atoms with Crippen molar-refractivity contribution in [3.63, 3.8) is 0 Å². The zero-order valence-corrected chi connectivity index (χ0v) is 13.0. The van der Waals surface area contributed by atoms with Crippen LogP contribution in [0.3, 0.4) is 0 Å². The van der Waals surface area contributed by atoms with Gasteiger partial charge < -0.3 is 10.4 Å². The molecule has 0 spiro atoms. The van der Waals surface area contributed by atoms with Gasteiger partial charge in [-0.1, -0.05) is 0 Å². The number of carbonyl (C=O) groups is 1. The molecule has 2 aromatic rings. The monoisotopic (exact) mass is 303 g/mol. The third-order valence-electron chi connectivity index (χ3n) is 4.25. The van der Waals surface area contributed by atoms with Crippen molar-refractivity contribution in [2.24, 2.45) is 20.0 Å². The minimum atomic E-state index is -0.263. The summed E-state index contributed by atoms with van der Waals surface area (Å²) in [5.41, 5.74) is 2.25. The minimum absolute atomic E-state index is 0.135. The number of aryl methyl sites for hydroxylation is 3. The van der Waals surface area contributed by atoms with Crippen molar-refractivity contribution in [2.45, 2.75) is 31.9 Å². The van der Waals surface area contributed by atoms with E-state index in [-0.39, 0.29) is 24.0 Å². The normalized spacial score (nSPS) is 22.2. The lowest BCUT2D eigenvalue weighted by molar-refractivity contribution is 0.0235. The van der Waals surface area contributed by atoms with E-state index in [1.54, 1.807) is 28.8 Å². The molecule has 1 aliphatic carbocycles. The maximum absolute atomic E-state index is 12.5. The minimum Gasteiger partial charge on any atom is -0.393 e. The molecular weight excluding hydrogens is 282 g/mol. The van der Waals surface area contributed by atoms with Crippen molar-refractivity contribution in [1.82, 2.24) is 24.9 Å². The molecule has 0 radical (unpaired) electrons. The summed E-state index contributed by atoms with van der Waals surface area (Å²) in [6.45, 7) is 1.82. The number of hydrogen-bond donors (Lipinski definition) is 2. The first-order valence-electron chi connectivity index (χ1n) is 7.41. The van der Waals surface area contributed by atoms with Gasteiger partial charge in [-0.05, 0) is 25.7 Å². The van der Waals surface area contributed by atoms with Crippen LogP contribution in [0.1, 0.15) is 40.5 Å². The molecule has 1 atom stereocenters. The van der Waals surface area contributed by atoms with Gasteiger partial charge in [0.15, 0.2) is 0 Å². The standard InChI is InChI=1S/C15H21N5O2/c1-9-13(8-20(3)18-9)15(22)17-14(10-4-12(21)5-10)11-6-16-19(2)7-11/h6-8,10,12,14,21H,4-5H2,1-3H3,(H,17,22)/t10?,12?,14-/m0/s1. The molecule has 1 aliphatic rings. The highest BCUT2D eigenvalue weighted by atomic mass is 16.3. The molecule has 0 bridgehead atoms. The summed E-state index contributed by atoms with van der Waals surface area (Å²) >= 11 is 0. The molecule has 2 heterocycles. The Morgan fingerprint density at radius 1 is 1.36 bits per heavy atom. The summed E-state index contributed by atoms with van der Waals surface area (Å²) in [5, 5.41) is 21.0. The zero-order chi connectivity index (χ0) is 15.9. The number of rotatable bonds is 4. The highest BCUT2D eigenvalue weighted by molar-refractivity contribution is 5.95. The Hall–Kier alpha value is -2.15. The maximum atomic E-state index is 12.5. The van der Waals surface area contributed by atoms with Crippen molar-refractivity contribution in [2.75, 3.05) is 0 Å². The zero-order valence-electron chi connectivity index (χ0n) is 13.0. The van der Waals surface area contributed by atoms with Crippen LogP contribution in [-0.4, -0.2) is 36.7 Å². The Labute approximate surface area is 128 Å². The lowest BCUT2D eigenvalue weighted by Crippen LogP contribution is -2.41. The largest absolute Gasteiger partial charge is 0.393 e. The molecule has 1 amide bonds. The van der Waals surface area contributed by atoms with Crippen LogP contribution in [0.2, 0.25) is 0 Å². The summed E-state index contributed by atoms with van der Waals surface area (Å²) in [6.07, 6.45) is 6.54. The third kappa shape index (κ3) is 2.76. The molecule has 0 aromatic carbocycles. The fourth-order valence-electron chi connectivity index (χ4n) is 3.02. The van der Waals surface area contributed by atoms with Crippen molar-refractivity contribution in [3.05, 3.63) is 35.4 Å². The number of aliphatic hydroxyl groups is 1. The van der Waals surface area contributed by atoms with Gasteiger partial charge in [-0.3, -0.25) is 14.2 Å². The second-order valence-electron chi connectivity index (χ2n) is 6.09. The molecule has 2 aromatic heterocycles. The SMILES string of the molecule is Cc1nn(C)cc1C(=O)N[C@H](c1cnn(C)c1)C1CC(O)C1. The van der Waals surface area contributed by atoms with Crippen LogP contribution >= 0.6 is 0 Å². The smallest absolute Gasteiger partial charge is 0.255 e. The Morgan fingerprint density at radius 2 is 2.09 bits per heavy atom. The van der Waals surface area contributed by atoms with E-state index < -0.39 is 0 Å². The maximum Gasteiger partial charge on any atom is 0.255 e. The van der Waals surface area contributed by atoms with E-state index >= 15 is 0 Å². The van der Waals surface area contributed by atoms with Crippen molar-refractivity contribution in [1.29, 1.82) is 0 Å². The molecule has 0 saturated heterocycles. The van der Waals surface area contributed by atoms with Crippen molar-refractivity contribution in [3.8, 4) is 0 Å². The van der Waals surface area contributed by atoms with Gasteiger partial charge in [-0.25, -0.2) is 0 Å². The van der Waals surface area contributed by atoms with Crippen LogP contribution < -0.4 is 5.32 Å². The van der Waals surface area contributed by atoms with Crippen molar-refractivity contribution < 1.29 is 9.90 Å². The molecule has 7 heteroatoms. The summed E-state index contributed by atoms with van der Waals surface area (Å²) in [6, 6.07) is -0.135. The molecular formula is C15H21N5O2. The molecule has 3 rings (SSSR count). The predicted octanol–water partition coefficient (Wildman–Crippen LogP) is 0.704. The molecule has 7 nitrogen and oxygen atoms in total. The van der Waals surface area contributed by atoms with Gasteiger partial charge in [-0.2, -0.15) is 10.2 Å². The topological polar surface area (TPSA) is 85.0 Å². The Bertz CT molecular complexity index is 684. The fraction of sp³-hybridized carbons (Fsp3) is 0.533. The van der Waals surface area contributed by atoms with Gasteiger partial charge in [0.05, 0.1) is 29.6 Å². The number of carbonyl (C=O) groups excluding carboxylic acids is 1. The molecule has 1 saturated carbocycles. The molecule has 0 unspecified atom stereocenters. The summed E-state index contributed by atoms with van der Waals surface area (Å²) in [5.74, 6) is 0.0981. The lowest BCUT2D eigenvalue weighted by Gasteiger charge is -2.37. The highest BCUT2D eigenvalue weighted by Crippen LogP contribution is 2.38. The predicted molar refractivity (Wildman–Crippen MR) is 80.1 cm³/mol. The number of nitrogens with zero attached hydrogens (tertiary/aromatic N) is 4. The molecule has 118 valence electrons. The van der Waals surface area contributed by atoms with Crippen LogP contribution in [0.4, 0.5) is 0 Å². The van der Waals surface area contributed by atoms with Gasteiger partial charge >= 0.3 is 0 Å². The van der Waals surface area contributed by atoms with E-state index in [9.17, 15) is 9.90 Å². The van der Waals surface area contributed by atoms with E-state index in [2.05, 4.69) is 15.5 Å². The molecule has 1 fully saturated rings. The molecule has 22 heavy (non-hydrogen) atoms. The van der Waals surface area contributed by atoms with Crippen LogP contribution in [0.5, 0.6) is 0 Å². The summed E-state index contributed by atoms with van der Waals surface area (Å²) in [7, 11) is 3.65. The number of hydrogen-bond acceptors (Lipinski definition) is 4. The van der Waals surface area contributed by atoms with Gasteiger partial charge in [0.25, 0.3) is 5.91 Å². The molecule has 0 aliphatic heterocycles. The summed E-state index contributed by atoms with van der Waals surface area (Å²) in [4.78, 5) is 12.5. The number of nitrogens with one attached hydrogen (secondary N) is 1. The Morgan fingerprint density at radius 3 is 2.59 bits per heavy atom. The lowest BCUT2D eigenvalue weighted by atomic mass is 9.75. The number of aromatic nitrogens is 4. The second kappa shape index (κ2) is 5.57. The average molecular weight is 303 g/mol. The third-order valence-corrected chi connectivity index (χ3v) is 4.25. The average Bonchev–Trinajstić information content (AvgIpc) is 2.98. The van der Waals surface area contributed by atoms with Crippen LogP contribution in [0.15, 0.2) is 18.6 Å². The first-order chi connectivity index (χ1) is 10.4. The second-order valence-corrected chi connectivity index (χ2v) is 6.09. The van der Waals surface area contributed by atoms with Crippen LogP contribution in [0, 0.1) is 12.8 Å². The number of aliphatic hydroxyl groups excluding tert-OH is 1. The molecule has 2 N–H and O–H groups in total. The quantitative estimate of drug-likeness (QED) is 0.871. The van der Waals surface area contributed by atoms with E-state index in [1.165, 1.54) is 0 Å². The Balaban J connectivity index is 1.81. The summed E-state index contributed by atoms with van der Waals surface area (Å²) < 4.78 is 3.36. The van der Waals surface area contributed by atoms with Crippen molar-refractivity contribution >= 4 is 5.91 Å². The Kier molecular flexibility index (Phi) is 3.74. The fourth-order valence-corrected chi connectivity index (χ4v) is 3.02. The van der Waals surface area contributed by atoms with Gasteiger partial charge in [0.1, 0.15) is 0 Å². The van der Waals surface area contributed by atoms with E-state index in [1.807, 2.05) is 20.2 Å². The highest BCUT2D eigenvalue weighted by Gasteiger charge is 2.36. The van der Waals surface area contributed by atoms with Gasteiger partial charge in [-0.15, -0.1) is 0 Å². The van der Waals surface area contributed by atoms with Gasteiger partial charge in [0, 0.05) is 32.1 Å². The first-order valence-corrected chi connectivity index (χ1v) is 7.41. The van der Waals surface area contributed by atoms with Crippen LogP contribution in [-0.2, 0) is 14.1 Å². The van der Waals surface area contributed by atoms with E-state index in [0.29, 0.717) is 24.1 Å². The van der Waals surface area contributed by atoms with E-state index in [0.717, 1.165) is 5.56 Å². The first kappa shape index (κ1) is 14.8. The number of amides is 1. The van der Waals surface area contributed by atoms with E-state index in [4.69, 9.17) is 0 Å².